The molecule has 2 aromatic rings. The number of hydrogen-bond acceptors (Lipinski definition) is 5. The van der Waals surface area contributed by atoms with Crippen LogP contribution in [0, 0.1) is 10.1 Å². The van der Waals surface area contributed by atoms with Gasteiger partial charge in [-0.3, -0.25) is 14.9 Å². The molecule has 86 valence electrons. The number of benzene rings is 1. The van der Waals surface area contributed by atoms with Crippen LogP contribution in [0.5, 0.6) is 0 Å². The zero-order valence-corrected chi connectivity index (χ0v) is 8.93. The van der Waals surface area contributed by atoms with Crippen LogP contribution in [0.4, 0.5) is 5.69 Å². The molecule has 6 nitrogen and oxygen atoms in total. The van der Waals surface area contributed by atoms with Crippen molar-refractivity contribution in [3.8, 4) is 0 Å². The van der Waals surface area contributed by atoms with Crippen molar-refractivity contribution in [3.05, 3.63) is 50.4 Å². The van der Waals surface area contributed by atoms with E-state index >= 15 is 0 Å². The van der Waals surface area contributed by atoms with Gasteiger partial charge in [0.1, 0.15) is 11.1 Å². The molecule has 0 unspecified atom stereocenters. The van der Waals surface area contributed by atoms with Gasteiger partial charge in [0.25, 0.3) is 10.9 Å². The fourth-order valence-electron chi connectivity index (χ4n) is 1.36. The number of nitro benzene ring substituents is 1. The lowest BCUT2D eigenvalue weighted by Gasteiger charge is -1.98. The summed E-state index contributed by atoms with van der Waals surface area (Å²) in [5.74, 6) is 0. The van der Waals surface area contributed by atoms with Gasteiger partial charge in [0, 0.05) is 17.5 Å². The van der Waals surface area contributed by atoms with Gasteiger partial charge in [-0.2, -0.15) is 0 Å². The number of rotatable bonds is 2. The average Bonchev–Trinajstić information content (AvgIpc) is 2.27. The molecule has 0 aliphatic rings. The number of nitro groups is 1. The predicted molar refractivity (Wildman–Crippen MR) is 59.3 cm³/mol. The molecule has 0 radical (unpaired) electrons. The monoisotopic (exact) mass is 253 g/mol. The van der Waals surface area contributed by atoms with Crippen LogP contribution >= 0.6 is 11.6 Å². The minimum absolute atomic E-state index is 0.155. The maximum Gasteiger partial charge on any atom is 0.348 e. The van der Waals surface area contributed by atoms with Gasteiger partial charge in [-0.25, -0.2) is 4.79 Å². The van der Waals surface area contributed by atoms with E-state index in [2.05, 4.69) is 0 Å². The van der Waals surface area contributed by atoms with Crippen molar-refractivity contribution >= 4 is 33.5 Å². The highest BCUT2D eigenvalue weighted by atomic mass is 35.5. The van der Waals surface area contributed by atoms with E-state index in [1.165, 1.54) is 24.3 Å². The molecule has 0 aliphatic heterocycles. The van der Waals surface area contributed by atoms with E-state index < -0.39 is 15.8 Å². The summed E-state index contributed by atoms with van der Waals surface area (Å²) in [6.45, 7) is 0. The second-order valence-electron chi connectivity index (χ2n) is 3.20. The van der Waals surface area contributed by atoms with Crippen LogP contribution in [0.1, 0.15) is 10.4 Å². The smallest absolute Gasteiger partial charge is 0.348 e. The van der Waals surface area contributed by atoms with Crippen LogP contribution < -0.4 is 5.63 Å². The highest BCUT2D eigenvalue weighted by molar-refractivity contribution is 6.67. The Balaban J connectivity index is 2.77. The summed E-state index contributed by atoms with van der Waals surface area (Å²) < 4.78 is 4.81. The highest BCUT2D eigenvalue weighted by Gasteiger charge is 2.13. The fraction of sp³-hybridized carbons (Fsp3) is 0. The Kier molecular flexibility index (Phi) is 2.64. The molecule has 0 saturated carbocycles. The number of nitrogens with zero attached hydrogens (tertiary/aromatic N) is 1. The SMILES string of the molecule is O=C(Cl)c1cc2cc([N+](=O)[O-])ccc2oc1=O. The minimum Gasteiger partial charge on any atom is -0.422 e. The van der Waals surface area contributed by atoms with Crippen LogP contribution in [0.25, 0.3) is 11.0 Å². The molecule has 1 aromatic heterocycles. The maximum absolute atomic E-state index is 11.3. The number of carbonyl (C=O) groups is 1. The van der Waals surface area contributed by atoms with E-state index in [1.54, 1.807) is 0 Å². The van der Waals surface area contributed by atoms with Crippen molar-refractivity contribution in [2.75, 3.05) is 0 Å². The Labute approximate surface area is 98.6 Å². The van der Waals surface area contributed by atoms with Crippen LogP contribution in [-0.2, 0) is 0 Å². The second-order valence-corrected chi connectivity index (χ2v) is 3.54. The molecule has 7 heteroatoms. The van der Waals surface area contributed by atoms with Gasteiger partial charge in [0.15, 0.2) is 0 Å². The molecule has 0 atom stereocenters. The Morgan fingerprint density at radius 3 is 2.65 bits per heavy atom. The van der Waals surface area contributed by atoms with E-state index in [-0.39, 0.29) is 22.2 Å². The van der Waals surface area contributed by atoms with Gasteiger partial charge in [-0.05, 0) is 23.7 Å². The molecule has 0 saturated heterocycles. The Bertz CT molecular complexity index is 691. The number of carbonyl (C=O) groups excluding carboxylic acids is 1. The van der Waals surface area contributed by atoms with Crippen molar-refractivity contribution in [1.29, 1.82) is 0 Å². The van der Waals surface area contributed by atoms with E-state index in [9.17, 15) is 19.7 Å². The predicted octanol–water partition coefficient (Wildman–Crippen LogP) is 2.08. The van der Waals surface area contributed by atoms with E-state index in [0.29, 0.717) is 0 Å². The van der Waals surface area contributed by atoms with Gasteiger partial charge < -0.3 is 4.42 Å². The van der Waals surface area contributed by atoms with Gasteiger partial charge in [-0.15, -0.1) is 0 Å². The van der Waals surface area contributed by atoms with Crippen molar-refractivity contribution in [2.45, 2.75) is 0 Å². The molecule has 0 amide bonds. The van der Waals surface area contributed by atoms with Crippen molar-refractivity contribution in [1.82, 2.24) is 0 Å². The van der Waals surface area contributed by atoms with Gasteiger partial charge >= 0.3 is 5.63 Å². The lowest BCUT2D eigenvalue weighted by molar-refractivity contribution is -0.384. The number of halogens is 1. The van der Waals surface area contributed by atoms with Crippen LogP contribution in [-0.4, -0.2) is 10.2 Å². The third kappa shape index (κ3) is 2.02. The van der Waals surface area contributed by atoms with Crippen LogP contribution in [0.15, 0.2) is 33.5 Å². The second kappa shape index (κ2) is 3.99. The van der Waals surface area contributed by atoms with Gasteiger partial charge in [0.05, 0.1) is 4.92 Å². The molecule has 17 heavy (non-hydrogen) atoms. The third-order valence-electron chi connectivity index (χ3n) is 2.14. The van der Waals surface area contributed by atoms with E-state index in [4.69, 9.17) is 16.0 Å². The summed E-state index contributed by atoms with van der Waals surface area (Å²) in [7, 11) is 0. The third-order valence-corrected chi connectivity index (χ3v) is 2.34. The topological polar surface area (TPSA) is 90.4 Å². The summed E-state index contributed by atoms with van der Waals surface area (Å²) in [5.41, 5.74) is -1.23. The Morgan fingerprint density at radius 2 is 2.06 bits per heavy atom. The molecule has 0 aliphatic carbocycles. The number of hydrogen-bond donors (Lipinski definition) is 0. The summed E-state index contributed by atoms with van der Waals surface area (Å²) in [4.78, 5) is 32.1. The first-order valence-electron chi connectivity index (χ1n) is 4.41. The Hall–Kier alpha value is -2.21. The maximum atomic E-state index is 11.3. The quantitative estimate of drug-likeness (QED) is 0.354. The fourth-order valence-corrected chi connectivity index (χ4v) is 1.49. The first-order chi connectivity index (χ1) is 7.99. The van der Waals surface area contributed by atoms with Crippen molar-refractivity contribution in [2.24, 2.45) is 0 Å². The molecular formula is C10H4ClNO5. The van der Waals surface area contributed by atoms with Crippen LogP contribution in [0.3, 0.4) is 0 Å². The summed E-state index contributed by atoms with van der Waals surface area (Å²) in [6, 6.07) is 4.86. The standard InChI is InChI=1S/C10H4ClNO5/c11-9(13)7-4-5-3-6(12(15)16)1-2-8(5)17-10(7)14/h1-4H. The first-order valence-corrected chi connectivity index (χ1v) is 4.79. The summed E-state index contributed by atoms with van der Waals surface area (Å²) >= 11 is 5.18. The molecule has 0 spiro atoms. The first kappa shape index (κ1) is 11.3. The molecule has 1 aromatic carbocycles. The molecule has 2 rings (SSSR count). The molecule has 0 fully saturated rings. The van der Waals surface area contributed by atoms with Gasteiger partial charge in [0.2, 0.25) is 0 Å². The molecular weight excluding hydrogens is 250 g/mol. The molecule has 0 N–H and O–H groups in total. The van der Waals surface area contributed by atoms with Crippen molar-refractivity contribution in [3.63, 3.8) is 0 Å². The van der Waals surface area contributed by atoms with Crippen LogP contribution in [0.2, 0.25) is 0 Å². The summed E-state index contributed by atoms with van der Waals surface area (Å²) in [6.07, 6.45) is 0. The summed E-state index contributed by atoms with van der Waals surface area (Å²) in [5, 5.41) is 9.85. The highest BCUT2D eigenvalue weighted by Crippen LogP contribution is 2.20. The zero-order valence-electron chi connectivity index (χ0n) is 8.18. The molecule has 0 bridgehead atoms. The lowest BCUT2D eigenvalue weighted by atomic mass is 10.2. The lowest BCUT2D eigenvalue weighted by Crippen LogP contribution is -2.09. The molecule has 1 heterocycles. The van der Waals surface area contributed by atoms with Crippen molar-refractivity contribution < 1.29 is 14.1 Å². The minimum atomic E-state index is -0.966. The van der Waals surface area contributed by atoms with E-state index in [1.807, 2.05) is 0 Å². The van der Waals surface area contributed by atoms with E-state index in [0.717, 1.165) is 0 Å². The van der Waals surface area contributed by atoms with Gasteiger partial charge in [-0.1, -0.05) is 0 Å². The number of non-ortho nitro benzene ring substituents is 1. The average molecular weight is 254 g/mol. The zero-order chi connectivity index (χ0) is 12.6. The normalized spacial score (nSPS) is 10.4. The Morgan fingerprint density at radius 1 is 1.35 bits per heavy atom. The largest absolute Gasteiger partial charge is 0.422 e. The number of fused-ring (bicyclic) bond motifs is 1.